The number of carbonyl (C=O) groups excluding carboxylic acids is 2. The Kier molecular flexibility index (Phi) is 7.62. The Morgan fingerprint density at radius 2 is 1.78 bits per heavy atom. The molecule has 2 amide bonds. The number of rotatable bonds is 8. The summed E-state index contributed by atoms with van der Waals surface area (Å²) in [4.78, 5) is 23.7. The van der Waals surface area contributed by atoms with Gasteiger partial charge < -0.3 is 11.1 Å². The van der Waals surface area contributed by atoms with Crippen molar-refractivity contribution in [3.63, 3.8) is 0 Å². The van der Waals surface area contributed by atoms with Crippen LogP contribution < -0.4 is 11.1 Å². The van der Waals surface area contributed by atoms with Gasteiger partial charge in [0.2, 0.25) is 11.8 Å². The van der Waals surface area contributed by atoms with Crippen molar-refractivity contribution in [3.8, 4) is 6.07 Å². The number of primary amides is 1. The van der Waals surface area contributed by atoms with E-state index in [1.165, 1.54) is 11.8 Å². The van der Waals surface area contributed by atoms with E-state index in [1.54, 1.807) is 6.92 Å². The molecule has 0 saturated carbocycles. The molecule has 5 nitrogen and oxygen atoms in total. The van der Waals surface area contributed by atoms with Gasteiger partial charge in [-0.25, -0.2) is 0 Å². The normalized spacial score (nSPS) is 18.2. The summed E-state index contributed by atoms with van der Waals surface area (Å²) in [5.41, 5.74) is 4.54. The lowest BCUT2D eigenvalue weighted by molar-refractivity contribution is -0.123. The van der Waals surface area contributed by atoms with E-state index in [-0.39, 0.29) is 29.7 Å². The summed E-state index contributed by atoms with van der Waals surface area (Å²) >= 11 is 1.40. The van der Waals surface area contributed by atoms with Crippen LogP contribution in [0.25, 0.3) is 0 Å². The van der Waals surface area contributed by atoms with Crippen LogP contribution >= 0.6 is 11.8 Å². The molecule has 0 bridgehead atoms. The Labute approximate surface area is 144 Å². The topological polar surface area (TPSA) is 96.0 Å². The lowest BCUT2D eigenvalue weighted by atomic mass is 9.72. The molecule has 0 radical (unpaired) electrons. The zero-order valence-corrected chi connectivity index (χ0v) is 16.3. The van der Waals surface area contributed by atoms with E-state index in [4.69, 9.17) is 5.73 Å². The molecule has 3 atom stereocenters. The van der Waals surface area contributed by atoms with E-state index in [0.29, 0.717) is 12.8 Å². The fourth-order valence-electron chi connectivity index (χ4n) is 2.36. The number of nitrogens with zero attached hydrogens (tertiary/aromatic N) is 1. The van der Waals surface area contributed by atoms with E-state index < -0.39 is 10.2 Å². The Bertz CT molecular complexity index is 481. The van der Waals surface area contributed by atoms with Crippen molar-refractivity contribution < 1.29 is 9.59 Å². The molecule has 0 heterocycles. The van der Waals surface area contributed by atoms with Crippen LogP contribution in [0.3, 0.4) is 0 Å². The summed E-state index contributed by atoms with van der Waals surface area (Å²) in [7, 11) is 0. The molecule has 0 rings (SSSR count). The summed E-state index contributed by atoms with van der Waals surface area (Å²) in [5.74, 6) is -0.490. The largest absolute Gasteiger partial charge is 0.368 e. The van der Waals surface area contributed by atoms with Crippen molar-refractivity contribution in [2.75, 3.05) is 6.26 Å². The maximum atomic E-state index is 12.0. The molecule has 0 aliphatic carbocycles. The third-order valence-corrected chi connectivity index (χ3v) is 5.67. The number of nitrogens with one attached hydrogen (secondary N) is 1. The highest BCUT2D eigenvalue weighted by atomic mass is 32.2. The maximum absolute atomic E-state index is 12.0. The molecule has 0 aliphatic heterocycles. The molecule has 3 N–H and O–H groups in total. The highest BCUT2D eigenvalue weighted by Crippen LogP contribution is 2.40. The van der Waals surface area contributed by atoms with Crippen LogP contribution in [0.4, 0.5) is 0 Å². The smallest absolute Gasteiger partial charge is 0.233 e. The minimum Gasteiger partial charge on any atom is -0.368 e. The molecule has 0 saturated heterocycles. The molecule has 6 heteroatoms. The number of amides is 2. The predicted octanol–water partition coefficient (Wildman–Crippen LogP) is 2.84. The molecule has 0 aromatic rings. The molecule has 0 fully saturated rings. The zero-order valence-electron chi connectivity index (χ0n) is 15.4. The van der Waals surface area contributed by atoms with E-state index in [1.807, 2.05) is 40.9 Å². The first kappa shape index (κ1) is 21.8. The van der Waals surface area contributed by atoms with Crippen molar-refractivity contribution in [2.24, 2.45) is 17.1 Å². The standard InChI is InChI=1S/C17H31N3O2S/c1-12(10-17(6,23-7)14(19)22)16(5,11-18)9-8-13(21)20-15(2,3)4/h12H,8-10H2,1-7H3,(H2,19,22)(H,20,21). The Hall–Kier alpha value is -1.22. The summed E-state index contributed by atoms with van der Waals surface area (Å²) in [6, 6.07) is 2.34. The van der Waals surface area contributed by atoms with Gasteiger partial charge in [0, 0.05) is 12.0 Å². The average Bonchev–Trinajstić information content (AvgIpc) is 2.42. The second kappa shape index (κ2) is 8.05. The van der Waals surface area contributed by atoms with Gasteiger partial charge in [0.15, 0.2) is 0 Å². The summed E-state index contributed by atoms with van der Waals surface area (Å²) in [6.07, 6.45) is 3.10. The zero-order chi connectivity index (χ0) is 18.5. The number of hydrogen-bond acceptors (Lipinski definition) is 4. The second-order valence-corrected chi connectivity index (χ2v) is 9.04. The summed E-state index contributed by atoms with van der Waals surface area (Å²) in [6.45, 7) is 11.4. The van der Waals surface area contributed by atoms with Gasteiger partial charge in [-0.2, -0.15) is 5.26 Å². The van der Waals surface area contributed by atoms with Crippen molar-refractivity contribution in [1.29, 1.82) is 5.26 Å². The van der Waals surface area contributed by atoms with Gasteiger partial charge in [0.1, 0.15) is 0 Å². The number of nitriles is 1. The van der Waals surface area contributed by atoms with Gasteiger partial charge in [-0.1, -0.05) is 6.92 Å². The van der Waals surface area contributed by atoms with Crippen LogP contribution in [0.1, 0.15) is 60.8 Å². The molecule has 0 spiro atoms. The van der Waals surface area contributed by atoms with Crippen LogP contribution in [-0.2, 0) is 9.59 Å². The second-order valence-electron chi connectivity index (χ2n) is 7.73. The van der Waals surface area contributed by atoms with E-state index in [9.17, 15) is 14.9 Å². The van der Waals surface area contributed by atoms with Crippen molar-refractivity contribution in [2.45, 2.75) is 71.1 Å². The number of carbonyl (C=O) groups is 2. The molecular formula is C17H31N3O2S. The van der Waals surface area contributed by atoms with E-state index >= 15 is 0 Å². The monoisotopic (exact) mass is 341 g/mol. The van der Waals surface area contributed by atoms with Crippen molar-refractivity contribution in [3.05, 3.63) is 0 Å². The Morgan fingerprint density at radius 3 is 2.13 bits per heavy atom. The van der Waals surface area contributed by atoms with Gasteiger partial charge in [-0.05, 0) is 59.6 Å². The molecule has 132 valence electrons. The van der Waals surface area contributed by atoms with Gasteiger partial charge in [0.25, 0.3) is 0 Å². The van der Waals surface area contributed by atoms with Gasteiger partial charge in [-0.3, -0.25) is 9.59 Å². The van der Waals surface area contributed by atoms with Gasteiger partial charge in [0.05, 0.1) is 16.2 Å². The third-order valence-electron chi connectivity index (χ3n) is 4.40. The Balaban J connectivity index is 4.93. The first-order chi connectivity index (χ1) is 10.3. The van der Waals surface area contributed by atoms with Crippen LogP contribution in [-0.4, -0.2) is 28.4 Å². The lowest BCUT2D eigenvalue weighted by Crippen LogP contribution is -2.43. The van der Waals surface area contributed by atoms with E-state index in [0.717, 1.165) is 0 Å². The Morgan fingerprint density at radius 1 is 1.26 bits per heavy atom. The molecular weight excluding hydrogens is 310 g/mol. The SMILES string of the molecule is CSC(C)(CC(C)C(C)(C#N)CCC(=O)NC(C)(C)C)C(N)=O. The minimum atomic E-state index is -0.703. The number of hydrogen-bond donors (Lipinski definition) is 2. The van der Waals surface area contributed by atoms with Crippen LogP contribution in [0.15, 0.2) is 0 Å². The first-order valence-corrected chi connectivity index (χ1v) is 9.09. The fourth-order valence-corrected chi connectivity index (χ4v) is 2.98. The predicted molar refractivity (Wildman–Crippen MR) is 95.7 cm³/mol. The first-order valence-electron chi connectivity index (χ1n) is 7.87. The van der Waals surface area contributed by atoms with Crippen LogP contribution in [0, 0.1) is 22.7 Å². The fraction of sp³-hybridized carbons (Fsp3) is 0.824. The van der Waals surface area contributed by atoms with Crippen LogP contribution in [0.2, 0.25) is 0 Å². The summed E-state index contributed by atoms with van der Waals surface area (Å²) in [5, 5.41) is 12.5. The van der Waals surface area contributed by atoms with Gasteiger partial charge in [-0.15, -0.1) is 11.8 Å². The van der Waals surface area contributed by atoms with Crippen molar-refractivity contribution in [1.82, 2.24) is 5.32 Å². The van der Waals surface area contributed by atoms with E-state index in [2.05, 4.69) is 11.4 Å². The lowest BCUT2D eigenvalue weighted by Gasteiger charge is -2.35. The molecule has 3 unspecified atom stereocenters. The number of thioether (sulfide) groups is 1. The molecule has 0 aromatic carbocycles. The average molecular weight is 342 g/mol. The number of nitrogens with two attached hydrogens (primary N) is 1. The highest BCUT2D eigenvalue weighted by molar-refractivity contribution is 8.00. The molecule has 23 heavy (non-hydrogen) atoms. The molecule has 0 aliphatic rings. The highest BCUT2D eigenvalue weighted by Gasteiger charge is 2.39. The third kappa shape index (κ3) is 6.82. The van der Waals surface area contributed by atoms with Crippen molar-refractivity contribution >= 4 is 23.6 Å². The minimum absolute atomic E-state index is 0.0557. The quantitative estimate of drug-likeness (QED) is 0.709. The summed E-state index contributed by atoms with van der Waals surface area (Å²) < 4.78 is -0.703. The van der Waals surface area contributed by atoms with Gasteiger partial charge >= 0.3 is 0 Å². The molecule has 0 aromatic heterocycles. The van der Waals surface area contributed by atoms with Crippen LogP contribution in [0.5, 0.6) is 0 Å². The maximum Gasteiger partial charge on any atom is 0.233 e.